The minimum Gasteiger partial charge on any atom is -0.334 e. The predicted octanol–water partition coefficient (Wildman–Crippen LogP) is 2.77. The van der Waals surface area contributed by atoms with E-state index in [-0.39, 0.29) is 29.0 Å². The number of carbonyl (C=O) groups excluding carboxylic acids is 2. The minimum absolute atomic E-state index is 0.0321. The zero-order valence-corrected chi connectivity index (χ0v) is 16.6. The van der Waals surface area contributed by atoms with Gasteiger partial charge in [-0.25, -0.2) is 0 Å². The number of aromatic nitrogens is 1. The van der Waals surface area contributed by atoms with E-state index >= 15 is 0 Å². The number of anilines is 1. The van der Waals surface area contributed by atoms with Crippen LogP contribution in [0.3, 0.4) is 0 Å². The number of hydrogen-bond acceptors (Lipinski definition) is 3. The Morgan fingerprint density at radius 3 is 2.90 bits per heavy atom. The number of carbonyl (C=O) groups is 2. The average molecular weight is 391 g/mol. The molecular weight excluding hydrogens is 366 g/mol. The molecule has 1 spiro atoms. The second kappa shape index (κ2) is 6.58. The van der Waals surface area contributed by atoms with Gasteiger partial charge in [0.05, 0.1) is 11.5 Å². The first kappa shape index (κ1) is 18.2. The van der Waals surface area contributed by atoms with Crippen LogP contribution in [-0.2, 0) is 23.1 Å². The number of aromatic amines is 1. The highest BCUT2D eigenvalue weighted by molar-refractivity contribution is 6.08. The normalized spacial score (nSPS) is 24.7. The number of H-pyrrole nitrogens is 1. The molecule has 2 N–H and O–H groups in total. The Labute approximate surface area is 169 Å². The van der Waals surface area contributed by atoms with Crippen molar-refractivity contribution in [1.82, 2.24) is 9.88 Å². The Hall–Kier alpha value is -2.89. The lowest BCUT2D eigenvalue weighted by Gasteiger charge is -2.34. The Balaban J connectivity index is 1.56. The molecule has 2 aliphatic heterocycles. The fraction of sp³-hybridized carbons (Fsp3) is 0.435. The van der Waals surface area contributed by atoms with Crippen LogP contribution in [0.15, 0.2) is 35.1 Å². The molecule has 1 aliphatic carbocycles. The van der Waals surface area contributed by atoms with Crippen LogP contribution in [0.2, 0.25) is 0 Å². The summed E-state index contributed by atoms with van der Waals surface area (Å²) in [5.74, 6) is -0.288. The molecule has 0 unspecified atom stereocenters. The molecule has 0 bridgehead atoms. The van der Waals surface area contributed by atoms with Crippen molar-refractivity contribution in [2.45, 2.75) is 56.9 Å². The van der Waals surface area contributed by atoms with Gasteiger partial charge in [0.2, 0.25) is 5.91 Å². The van der Waals surface area contributed by atoms with Gasteiger partial charge in [-0.2, -0.15) is 0 Å². The summed E-state index contributed by atoms with van der Waals surface area (Å²) < 4.78 is 0. The van der Waals surface area contributed by atoms with Crippen LogP contribution >= 0.6 is 0 Å². The molecule has 3 aliphatic rings. The lowest BCUT2D eigenvalue weighted by Crippen LogP contribution is -2.49. The summed E-state index contributed by atoms with van der Waals surface area (Å²) in [6.07, 6.45) is 4.91. The molecule has 1 fully saturated rings. The summed E-state index contributed by atoms with van der Waals surface area (Å²) >= 11 is 0. The second-order valence-corrected chi connectivity index (χ2v) is 8.39. The van der Waals surface area contributed by atoms with E-state index in [4.69, 9.17) is 0 Å². The molecule has 2 amide bonds. The third-order valence-electron chi connectivity index (χ3n) is 6.89. The van der Waals surface area contributed by atoms with E-state index in [2.05, 4.69) is 17.2 Å². The Morgan fingerprint density at radius 2 is 2.07 bits per heavy atom. The van der Waals surface area contributed by atoms with Crippen LogP contribution in [0.1, 0.15) is 59.8 Å². The van der Waals surface area contributed by atoms with Gasteiger partial charge >= 0.3 is 0 Å². The third-order valence-corrected chi connectivity index (χ3v) is 6.89. The molecule has 0 radical (unpaired) electrons. The summed E-state index contributed by atoms with van der Waals surface area (Å²) in [7, 11) is 0. The van der Waals surface area contributed by atoms with Crippen LogP contribution in [0, 0.1) is 0 Å². The van der Waals surface area contributed by atoms with Gasteiger partial charge in [-0.3, -0.25) is 14.4 Å². The number of fused-ring (bicyclic) bond motifs is 3. The number of nitrogens with one attached hydrogen (secondary N) is 2. The van der Waals surface area contributed by atoms with E-state index < -0.39 is 5.41 Å². The van der Waals surface area contributed by atoms with E-state index in [0.717, 1.165) is 54.6 Å². The van der Waals surface area contributed by atoms with Gasteiger partial charge in [0.1, 0.15) is 5.56 Å². The summed E-state index contributed by atoms with van der Waals surface area (Å²) in [4.78, 5) is 44.0. The molecule has 6 nitrogen and oxygen atoms in total. The minimum atomic E-state index is -0.730. The molecule has 5 rings (SSSR count). The number of benzene rings is 1. The molecule has 1 saturated heterocycles. The maximum absolute atomic E-state index is 13.5. The van der Waals surface area contributed by atoms with Crippen molar-refractivity contribution < 1.29 is 9.59 Å². The molecule has 29 heavy (non-hydrogen) atoms. The van der Waals surface area contributed by atoms with Gasteiger partial charge in [0, 0.05) is 17.9 Å². The van der Waals surface area contributed by atoms with Crippen LogP contribution in [-0.4, -0.2) is 34.3 Å². The van der Waals surface area contributed by atoms with Gasteiger partial charge < -0.3 is 15.2 Å². The maximum atomic E-state index is 13.5. The number of aryl methyl sites for hydroxylation is 2. The Bertz CT molecular complexity index is 1070. The molecular formula is C23H25N3O3. The van der Waals surface area contributed by atoms with Gasteiger partial charge in [0.15, 0.2) is 0 Å². The number of likely N-dealkylation sites (tertiary alicyclic amines) is 1. The second-order valence-electron chi connectivity index (χ2n) is 8.39. The standard InChI is InChI=1S/C23H25N3O3/c1-2-6-19-23(16-8-3-4-9-18(16)25-22(23)29)11-12-26(19)21(28)15-13-14-7-5-10-17(14)24-20(15)27/h3-4,8-9,13,19H,2,5-7,10-12H2,1H3,(H,24,27)(H,25,29)/t19-,23+/m0/s1. The van der Waals surface area contributed by atoms with E-state index in [1.807, 2.05) is 24.3 Å². The third kappa shape index (κ3) is 2.51. The lowest BCUT2D eigenvalue weighted by atomic mass is 9.73. The monoisotopic (exact) mass is 391 g/mol. The van der Waals surface area contributed by atoms with Gasteiger partial charge in [-0.1, -0.05) is 31.5 Å². The van der Waals surface area contributed by atoms with Crippen molar-refractivity contribution >= 4 is 17.5 Å². The van der Waals surface area contributed by atoms with E-state index in [1.54, 1.807) is 11.0 Å². The van der Waals surface area contributed by atoms with Gasteiger partial charge in [-0.15, -0.1) is 0 Å². The average Bonchev–Trinajstić information content (AvgIpc) is 3.39. The largest absolute Gasteiger partial charge is 0.334 e. The van der Waals surface area contributed by atoms with E-state index in [0.29, 0.717) is 13.0 Å². The SMILES string of the molecule is CCC[C@@H]1N(C(=O)c2cc3c([nH]c2=O)CCC3)CC[C@]12C(=O)Nc1ccccc12. The van der Waals surface area contributed by atoms with Crippen molar-refractivity contribution in [3.8, 4) is 0 Å². The zero-order valence-electron chi connectivity index (χ0n) is 16.6. The molecule has 1 aromatic carbocycles. The first-order chi connectivity index (χ1) is 14.1. The van der Waals surface area contributed by atoms with Crippen LogP contribution in [0.5, 0.6) is 0 Å². The number of pyridine rings is 1. The zero-order chi connectivity index (χ0) is 20.2. The van der Waals surface area contributed by atoms with E-state index in [9.17, 15) is 14.4 Å². The molecule has 1 aromatic heterocycles. The van der Waals surface area contributed by atoms with Gasteiger partial charge in [0.25, 0.3) is 11.5 Å². The summed E-state index contributed by atoms with van der Waals surface area (Å²) in [6, 6.07) is 9.29. The maximum Gasteiger partial charge on any atom is 0.261 e. The Kier molecular flexibility index (Phi) is 4.12. The summed E-state index contributed by atoms with van der Waals surface area (Å²) in [5, 5.41) is 3.02. The summed E-state index contributed by atoms with van der Waals surface area (Å²) in [6.45, 7) is 2.54. The lowest BCUT2D eigenvalue weighted by molar-refractivity contribution is -0.121. The predicted molar refractivity (Wildman–Crippen MR) is 110 cm³/mol. The Morgan fingerprint density at radius 1 is 1.24 bits per heavy atom. The van der Waals surface area contributed by atoms with Crippen molar-refractivity contribution in [1.29, 1.82) is 0 Å². The van der Waals surface area contributed by atoms with Crippen molar-refractivity contribution in [3.05, 3.63) is 63.1 Å². The fourth-order valence-corrected chi connectivity index (χ4v) is 5.55. The molecule has 150 valence electrons. The number of para-hydroxylation sites is 1. The van der Waals surface area contributed by atoms with Crippen molar-refractivity contribution in [2.75, 3.05) is 11.9 Å². The molecule has 6 heteroatoms. The highest BCUT2D eigenvalue weighted by Gasteiger charge is 2.58. The van der Waals surface area contributed by atoms with Crippen LogP contribution < -0.4 is 10.9 Å². The molecule has 0 saturated carbocycles. The summed E-state index contributed by atoms with van der Waals surface area (Å²) in [5.41, 5.74) is 2.99. The number of hydrogen-bond donors (Lipinski definition) is 2. The number of amides is 2. The van der Waals surface area contributed by atoms with Crippen LogP contribution in [0.25, 0.3) is 0 Å². The highest BCUT2D eigenvalue weighted by atomic mass is 16.2. The first-order valence-corrected chi connectivity index (χ1v) is 10.5. The number of nitrogens with zero attached hydrogens (tertiary/aromatic N) is 1. The van der Waals surface area contributed by atoms with Gasteiger partial charge in [-0.05, 0) is 55.4 Å². The van der Waals surface area contributed by atoms with Crippen LogP contribution in [0.4, 0.5) is 5.69 Å². The first-order valence-electron chi connectivity index (χ1n) is 10.5. The quantitative estimate of drug-likeness (QED) is 0.844. The number of rotatable bonds is 3. The highest BCUT2D eigenvalue weighted by Crippen LogP contribution is 2.49. The molecule has 2 aromatic rings. The fourth-order valence-electron chi connectivity index (χ4n) is 5.55. The van der Waals surface area contributed by atoms with Crippen molar-refractivity contribution in [3.63, 3.8) is 0 Å². The molecule has 3 heterocycles. The molecule has 2 atom stereocenters. The van der Waals surface area contributed by atoms with E-state index in [1.165, 1.54) is 0 Å². The van der Waals surface area contributed by atoms with Crippen molar-refractivity contribution in [2.24, 2.45) is 0 Å². The smallest absolute Gasteiger partial charge is 0.261 e. The topological polar surface area (TPSA) is 82.3 Å².